The molecular weight excluding hydrogens is 300 g/mol. The SMILES string of the molecule is c1ccc(-n2cccn2)c(CNCc2nnc3n2CCCCC3)c1. The molecule has 3 heterocycles. The fourth-order valence-electron chi connectivity index (χ4n) is 3.28. The first-order valence-electron chi connectivity index (χ1n) is 8.61. The minimum atomic E-state index is 0.737. The van der Waals surface area contributed by atoms with E-state index in [4.69, 9.17) is 0 Å². The predicted molar refractivity (Wildman–Crippen MR) is 91.7 cm³/mol. The first-order valence-corrected chi connectivity index (χ1v) is 8.61. The number of nitrogens with one attached hydrogen (secondary N) is 1. The molecule has 1 N–H and O–H groups in total. The lowest BCUT2D eigenvalue weighted by Gasteiger charge is -2.11. The van der Waals surface area contributed by atoms with Gasteiger partial charge in [0, 0.05) is 31.9 Å². The Bertz CT molecular complexity index is 790. The third-order valence-corrected chi connectivity index (χ3v) is 4.53. The molecule has 0 aliphatic carbocycles. The normalized spacial score (nSPS) is 14.3. The zero-order chi connectivity index (χ0) is 16.2. The molecule has 3 aromatic rings. The number of hydrogen-bond donors (Lipinski definition) is 1. The topological polar surface area (TPSA) is 60.6 Å². The van der Waals surface area contributed by atoms with Crippen LogP contribution in [0.3, 0.4) is 0 Å². The molecule has 0 fully saturated rings. The van der Waals surface area contributed by atoms with Crippen LogP contribution in [0.5, 0.6) is 0 Å². The summed E-state index contributed by atoms with van der Waals surface area (Å²) in [6.45, 7) is 2.56. The number of aryl methyl sites for hydroxylation is 1. The molecule has 0 unspecified atom stereocenters. The molecule has 2 aromatic heterocycles. The molecule has 0 atom stereocenters. The molecule has 6 heteroatoms. The highest BCUT2D eigenvalue weighted by molar-refractivity contribution is 5.40. The van der Waals surface area contributed by atoms with Gasteiger partial charge in [-0.15, -0.1) is 10.2 Å². The second kappa shape index (κ2) is 6.97. The summed E-state index contributed by atoms with van der Waals surface area (Å²) in [6, 6.07) is 10.3. The summed E-state index contributed by atoms with van der Waals surface area (Å²) in [5.41, 5.74) is 2.33. The first-order chi connectivity index (χ1) is 11.9. The average Bonchev–Trinajstić information content (AvgIpc) is 3.21. The maximum Gasteiger partial charge on any atom is 0.147 e. The van der Waals surface area contributed by atoms with Gasteiger partial charge in [-0.3, -0.25) is 0 Å². The van der Waals surface area contributed by atoms with Gasteiger partial charge in [0.25, 0.3) is 0 Å². The van der Waals surface area contributed by atoms with E-state index in [1.54, 1.807) is 6.20 Å². The lowest BCUT2D eigenvalue weighted by Crippen LogP contribution is -2.18. The van der Waals surface area contributed by atoms with Crippen molar-refractivity contribution >= 4 is 0 Å². The summed E-state index contributed by atoms with van der Waals surface area (Å²) in [7, 11) is 0. The largest absolute Gasteiger partial charge is 0.314 e. The van der Waals surface area contributed by atoms with Gasteiger partial charge in [-0.2, -0.15) is 5.10 Å². The molecule has 124 valence electrons. The number of fused-ring (bicyclic) bond motifs is 1. The molecule has 6 nitrogen and oxygen atoms in total. The Morgan fingerprint density at radius 2 is 1.96 bits per heavy atom. The van der Waals surface area contributed by atoms with Crippen molar-refractivity contribution in [1.29, 1.82) is 0 Å². The van der Waals surface area contributed by atoms with Gasteiger partial charge in [0.15, 0.2) is 0 Å². The van der Waals surface area contributed by atoms with Gasteiger partial charge in [0.1, 0.15) is 11.6 Å². The van der Waals surface area contributed by atoms with Crippen molar-refractivity contribution < 1.29 is 0 Å². The Kier molecular flexibility index (Phi) is 4.38. The van der Waals surface area contributed by atoms with E-state index in [0.717, 1.165) is 43.4 Å². The number of nitrogens with zero attached hydrogens (tertiary/aromatic N) is 5. The molecule has 0 bridgehead atoms. The molecule has 1 aliphatic rings. The lowest BCUT2D eigenvalue weighted by atomic mass is 10.2. The van der Waals surface area contributed by atoms with Gasteiger partial charge in [-0.05, 0) is 30.5 Å². The fourth-order valence-corrected chi connectivity index (χ4v) is 3.28. The third-order valence-electron chi connectivity index (χ3n) is 4.53. The Hall–Kier alpha value is -2.47. The molecule has 0 saturated carbocycles. The van der Waals surface area contributed by atoms with Crippen LogP contribution in [0.4, 0.5) is 0 Å². The van der Waals surface area contributed by atoms with Gasteiger partial charge >= 0.3 is 0 Å². The highest BCUT2D eigenvalue weighted by Crippen LogP contribution is 2.15. The Morgan fingerprint density at radius 1 is 1.00 bits per heavy atom. The van der Waals surface area contributed by atoms with Gasteiger partial charge in [-0.1, -0.05) is 24.6 Å². The summed E-state index contributed by atoms with van der Waals surface area (Å²) in [4.78, 5) is 0. The highest BCUT2D eigenvalue weighted by Gasteiger charge is 2.14. The van der Waals surface area contributed by atoms with E-state index in [0.29, 0.717) is 0 Å². The van der Waals surface area contributed by atoms with Gasteiger partial charge in [0.05, 0.1) is 12.2 Å². The van der Waals surface area contributed by atoms with Crippen LogP contribution >= 0.6 is 0 Å². The van der Waals surface area contributed by atoms with Crippen LogP contribution < -0.4 is 5.32 Å². The van der Waals surface area contributed by atoms with E-state index in [1.807, 2.05) is 23.0 Å². The zero-order valence-corrected chi connectivity index (χ0v) is 13.7. The van der Waals surface area contributed by atoms with E-state index < -0.39 is 0 Å². The van der Waals surface area contributed by atoms with E-state index in [9.17, 15) is 0 Å². The average molecular weight is 322 g/mol. The van der Waals surface area contributed by atoms with Crippen LogP contribution in [0, 0.1) is 0 Å². The summed E-state index contributed by atoms with van der Waals surface area (Å²) in [5, 5.41) is 16.6. The van der Waals surface area contributed by atoms with Crippen LogP contribution in [-0.2, 0) is 26.1 Å². The summed E-state index contributed by atoms with van der Waals surface area (Å²) in [6.07, 6.45) is 8.55. The van der Waals surface area contributed by atoms with Crippen molar-refractivity contribution in [3.63, 3.8) is 0 Å². The van der Waals surface area contributed by atoms with Gasteiger partial charge in [-0.25, -0.2) is 4.68 Å². The monoisotopic (exact) mass is 322 g/mol. The molecule has 4 rings (SSSR count). The fraction of sp³-hybridized carbons (Fsp3) is 0.389. The second-order valence-corrected chi connectivity index (χ2v) is 6.18. The van der Waals surface area contributed by atoms with Crippen molar-refractivity contribution in [2.75, 3.05) is 0 Å². The zero-order valence-electron chi connectivity index (χ0n) is 13.7. The van der Waals surface area contributed by atoms with Crippen LogP contribution in [0.1, 0.15) is 36.5 Å². The summed E-state index contributed by atoms with van der Waals surface area (Å²) < 4.78 is 4.19. The lowest BCUT2D eigenvalue weighted by molar-refractivity contribution is 0.572. The second-order valence-electron chi connectivity index (χ2n) is 6.18. The molecule has 0 amide bonds. The Balaban J connectivity index is 1.45. The molecular formula is C18H22N6. The van der Waals surface area contributed by atoms with E-state index >= 15 is 0 Å². The molecule has 1 aliphatic heterocycles. The van der Waals surface area contributed by atoms with Crippen molar-refractivity contribution in [2.45, 2.75) is 45.3 Å². The van der Waals surface area contributed by atoms with Crippen molar-refractivity contribution in [3.05, 3.63) is 59.9 Å². The summed E-state index contributed by atoms with van der Waals surface area (Å²) in [5.74, 6) is 2.18. The van der Waals surface area contributed by atoms with Crippen molar-refractivity contribution in [2.24, 2.45) is 0 Å². The van der Waals surface area contributed by atoms with Crippen LogP contribution in [0.2, 0.25) is 0 Å². The molecule has 0 spiro atoms. The maximum atomic E-state index is 4.38. The number of aromatic nitrogens is 5. The Labute approximate surface area is 141 Å². The summed E-state index contributed by atoms with van der Waals surface area (Å²) >= 11 is 0. The van der Waals surface area contributed by atoms with Crippen LogP contribution in [0.25, 0.3) is 5.69 Å². The van der Waals surface area contributed by atoms with Crippen molar-refractivity contribution in [1.82, 2.24) is 29.9 Å². The van der Waals surface area contributed by atoms with E-state index in [1.165, 1.54) is 24.8 Å². The van der Waals surface area contributed by atoms with Crippen molar-refractivity contribution in [3.8, 4) is 5.69 Å². The Morgan fingerprint density at radius 3 is 2.88 bits per heavy atom. The molecule has 1 aromatic carbocycles. The van der Waals surface area contributed by atoms with Crippen LogP contribution in [-0.4, -0.2) is 24.5 Å². The minimum absolute atomic E-state index is 0.737. The van der Waals surface area contributed by atoms with Gasteiger partial charge < -0.3 is 9.88 Å². The molecule has 0 saturated heterocycles. The quantitative estimate of drug-likeness (QED) is 0.784. The van der Waals surface area contributed by atoms with E-state index in [-0.39, 0.29) is 0 Å². The molecule has 24 heavy (non-hydrogen) atoms. The number of para-hydroxylation sites is 1. The molecule has 0 radical (unpaired) electrons. The maximum absolute atomic E-state index is 4.38. The minimum Gasteiger partial charge on any atom is -0.314 e. The number of hydrogen-bond acceptors (Lipinski definition) is 4. The van der Waals surface area contributed by atoms with Gasteiger partial charge in [0.2, 0.25) is 0 Å². The van der Waals surface area contributed by atoms with E-state index in [2.05, 4.69) is 43.4 Å². The third kappa shape index (κ3) is 3.10. The van der Waals surface area contributed by atoms with Crippen LogP contribution in [0.15, 0.2) is 42.7 Å². The smallest absolute Gasteiger partial charge is 0.147 e. The number of benzene rings is 1. The number of rotatable bonds is 5. The predicted octanol–water partition coefficient (Wildman–Crippen LogP) is 2.48. The highest BCUT2D eigenvalue weighted by atomic mass is 15.3. The first kappa shape index (κ1) is 15.1. The standard InChI is InChI=1S/C18H22N6/c1-2-9-17-21-22-18(23(17)11-5-1)14-19-13-15-7-3-4-8-16(15)24-12-6-10-20-24/h3-4,6-8,10,12,19H,1-2,5,9,11,13-14H2.